The van der Waals surface area contributed by atoms with E-state index in [0.29, 0.717) is 31.3 Å². The van der Waals surface area contributed by atoms with Gasteiger partial charge >= 0.3 is 0 Å². The van der Waals surface area contributed by atoms with E-state index in [1.165, 1.54) is 19.1 Å². The van der Waals surface area contributed by atoms with Crippen LogP contribution < -0.4 is 5.32 Å². The van der Waals surface area contributed by atoms with Crippen LogP contribution in [0.4, 0.5) is 5.13 Å². The summed E-state index contributed by atoms with van der Waals surface area (Å²) in [6.45, 7) is 3.18. The van der Waals surface area contributed by atoms with Crippen molar-refractivity contribution in [2.45, 2.75) is 13.8 Å². The Morgan fingerprint density at radius 2 is 1.80 bits per heavy atom. The number of thiazole rings is 1. The number of carbonyl (C=O) groups excluding carboxylic acids is 2. The van der Waals surface area contributed by atoms with Crippen molar-refractivity contribution in [3.8, 4) is 0 Å². The molecule has 20 heavy (non-hydrogen) atoms. The average molecular weight is 329 g/mol. The molecule has 0 saturated heterocycles. The minimum absolute atomic E-state index is 0.0775. The van der Waals surface area contributed by atoms with E-state index in [1.807, 2.05) is 0 Å². The monoisotopic (exact) mass is 328 g/mol. The van der Waals surface area contributed by atoms with Gasteiger partial charge in [-0.05, 0) is 25.1 Å². The van der Waals surface area contributed by atoms with Crippen LogP contribution in [0.25, 0.3) is 0 Å². The molecule has 4 nitrogen and oxygen atoms in total. The SMILES string of the molecule is CC(=O)c1sc(NC(=O)c2cc(Cl)cc(Cl)c2)nc1C. The molecular weight excluding hydrogens is 319 g/mol. The maximum atomic E-state index is 12.1. The molecule has 1 amide bonds. The quantitative estimate of drug-likeness (QED) is 0.858. The maximum Gasteiger partial charge on any atom is 0.257 e. The number of hydrogen-bond acceptors (Lipinski definition) is 4. The first-order valence-corrected chi connectivity index (χ1v) is 7.20. The molecule has 2 rings (SSSR count). The van der Waals surface area contributed by atoms with Crippen LogP contribution in [-0.2, 0) is 0 Å². The second-order valence-electron chi connectivity index (χ2n) is 4.10. The number of halogens is 2. The molecule has 0 radical (unpaired) electrons. The highest BCUT2D eigenvalue weighted by Gasteiger charge is 2.14. The lowest BCUT2D eigenvalue weighted by molar-refractivity contribution is 0.101. The number of rotatable bonds is 3. The Bertz CT molecular complexity index is 677. The van der Waals surface area contributed by atoms with Crippen LogP contribution in [0.3, 0.4) is 0 Å². The zero-order valence-corrected chi connectivity index (χ0v) is 13.0. The second-order valence-corrected chi connectivity index (χ2v) is 5.97. The highest BCUT2D eigenvalue weighted by atomic mass is 35.5. The number of amides is 1. The summed E-state index contributed by atoms with van der Waals surface area (Å²) in [6, 6.07) is 4.56. The van der Waals surface area contributed by atoms with Crippen molar-refractivity contribution in [3.05, 3.63) is 44.4 Å². The molecule has 0 spiro atoms. The normalized spacial score (nSPS) is 10.4. The van der Waals surface area contributed by atoms with Crippen LogP contribution in [0, 0.1) is 6.92 Å². The van der Waals surface area contributed by atoms with Crippen LogP contribution in [0.1, 0.15) is 32.6 Å². The maximum absolute atomic E-state index is 12.1. The molecule has 0 aliphatic heterocycles. The Balaban J connectivity index is 2.23. The van der Waals surface area contributed by atoms with Crippen molar-refractivity contribution >= 4 is 51.4 Å². The minimum Gasteiger partial charge on any atom is -0.298 e. The number of hydrogen-bond donors (Lipinski definition) is 1. The van der Waals surface area contributed by atoms with Gasteiger partial charge in [0.2, 0.25) is 0 Å². The van der Waals surface area contributed by atoms with Crippen LogP contribution in [-0.4, -0.2) is 16.7 Å². The fraction of sp³-hybridized carbons (Fsp3) is 0.154. The van der Waals surface area contributed by atoms with Crippen molar-refractivity contribution in [1.29, 1.82) is 0 Å². The number of nitrogens with zero attached hydrogens (tertiary/aromatic N) is 1. The van der Waals surface area contributed by atoms with Gasteiger partial charge in [0.1, 0.15) is 0 Å². The van der Waals surface area contributed by atoms with E-state index in [4.69, 9.17) is 23.2 Å². The first kappa shape index (κ1) is 15.0. The summed E-state index contributed by atoms with van der Waals surface area (Å²) in [6.07, 6.45) is 0. The first-order valence-electron chi connectivity index (χ1n) is 5.62. The number of carbonyl (C=O) groups is 2. The Labute approximate surface area is 129 Å². The van der Waals surface area contributed by atoms with E-state index in [0.717, 1.165) is 11.3 Å². The Kier molecular flexibility index (Phi) is 4.42. The van der Waals surface area contributed by atoms with E-state index in [9.17, 15) is 9.59 Å². The molecule has 0 fully saturated rings. The van der Waals surface area contributed by atoms with Crippen molar-refractivity contribution in [1.82, 2.24) is 4.98 Å². The van der Waals surface area contributed by atoms with Crippen molar-refractivity contribution < 1.29 is 9.59 Å². The zero-order chi connectivity index (χ0) is 14.9. The standard InChI is InChI=1S/C13H10Cl2N2O2S/c1-6-11(7(2)18)20-13(16-6)17-12(19)8-3-9(14)5-10(15)4-8/h3-5H,1-2H3,(H,16,17,19). The minimum atomic E-state index is -0.377. The number of benzene rings is 1. The molecule has 0 atom stereocenters. The molecule has 1 N–H and O–H groups in total. The molecule has 0 saturated carbocycles. The van der Waals surface area contributed by atoms with Crippen molar-refractivity contribution in [3.63, 3.8) is 0 Å². The molecule has 2 aromatic rings. The topological polar surface area (TPSA) is 59.1 Å². The van der Waals surface area contributed by atoms with Gasteiger partial charge < -0.3 is 0 Å². The largest absolute Gasteiger partial charge is 0.298 e. The Hall–Kier alpha value is -1.43. The predicted octanol–water partition coefficient (Wildman–Crippen LogP) is 4.21. The van der Waals surface area contributed by atoms with Gasteiger partial charge in [-0.15, -0.1) is 0 Å². The van der Waals surface area contributed by atoms with Crippen LogP contribution >= 0.6 is 34.5 Å². The number of nitrogens with one attached hydrogen (secondary N) is 1. The summed E-state index contributed by atoms with van der Waals surface area (Å²) in [5.74, 6) is -0.454. The smallest absolute Gasteiger partial charge is 0.257 e. The van der Waals surface area contributed by atoms with Crippen molar-refractivity contribution in [2.24, 2.45) is 0 Å². The van der Waals surface area contributed by atoms with Crippen LogP contribution in [0.5, 0.6) is 0 Å². The molecule has 1 aromatic carbocycles. The number of Topliss-reactive ketones (excluding diaryl/α,β-unsaturated/α-hetero) is 1. The van der Waals surface area contributed by atoms with Crippen LogP contribution in [0.15, 0.2) is 18.2 Å². The van der Waals surface area contributed by atoms with Gasteiger partial charge in [-0.3, -0.25) is 14.9 Å². The molecule has 1 heterocycles. The highest BCUT2D eigenvalue weighted by Crippen LogP contribution is 2.24. The summed E-state index contributed by atoms with van der Waals surface area (Å²) in [4.78, 5) is 28.1. The fourth-order valence-corrected chi connectivity index (χ4v) is 3.01. The summed E-state index contributed by atoms with van der Waals surface area (Å²) in [5, 5.41) is 3.75. The van der Waals surface area contributed by atoms with E-state index in [-0.39, 0.29) is 11.7 Å². The van der Waals surface area contributed by atoms with Gasteiger partial charge in [0, 0.05) is 22.5 Å². The summed E-state index contributed by atoms with van der Waals surface area (Å²) >= 11 is 12.8. The summed E-state index contributed by atoms with van der Waals surface area (Å²) in [5.41, 5.74) is 0.932. The third-order valence-corrected chi connectivity index (χ3v) is 4.07. The molecule has 0 aliphatic rings. The number of aromatic nitrogens is 1. The van der Waals surface area contributed by atoms with E-state index in [1.54, 1.807) is 13.0 Å². The van der Waals surface area contributed by atoms with Gasteiger partial charge in [-0.2, -0.15) is 0 Å². The molecule has 104 valence electrons. The molecule has 7 heteroatoms. The van der Waals surface area contributed by atoms with Gasteiger partial charge in [0.25, 0.3) is 5.91 Å². The van der Waals surface area contributed by atoms with E-state index >= 15 is 0 Å². The Morgan fingerprint density at radius 1 is 1.20 bits per heavy atom. The molecule has 0 bridgehead atoms. The average Bonchev–Trinajstić information content (AvgIpc) is 2.69. The lowest BCUT2D eigenvalue weighted by atomic mass is 10.2. The van der Waals surface area contributed by atoms with Crippen molar-refractivity contribution in [2.75, 3.05) is 5.32 Å². The third-order valence-electron chi connectivity index (χ3n) is 2.46. The van der Waals surface area contributed by atoms with Gasteiger partial charge in [0.15, 0.2) is 10.9 Å². The summed E-state index contributed by atoms with van der Waals surface area (Å²) in [7, 11) is 0. The lowest BCUT2D eigenvalue weighted by Gasteiger charge is -2.03. The second kappa shape index (κ2) is 5.91. The molecular formula is C13H10Cl2N2O2S. The molecule has 1 aromatic heterocycles. The third kappa shape index (κ3) is 3.36. The van der Waals surface area contributed by atoms with E-state index in [2.05, 4.69) is 10.3 Å². The van der Waals surface area contributed by atoms with Crippen LogP contribution in [0.2, 0.25) is 10.0 Å². The number of ketones is 1. The number of aryl methyl sites for hydroxylation is 1. The molecule has 0 unspecified atom stereocenters. The van der Waals surface area contributed by atoms with E-state index < -0.39 is 0 Å². The molecule has 0 aliphatic carbocycles. The lowest BCUT2D eigenvalue weighted by Crippen LogP contribution is -2.11. The summed E-state index contributed by atoms with van der Waals surface area (Å²) < 4.78 is 0. The van der Waals surface area contributed by atoms with Gasteiger partial charge in [-0.25, -0.2) is 4.98 Å². The van der Waals surface area contributed by atoms with Gasteiger partial charge in [0.05, 0.1) is 10.6 Å². The highest BCUT2D eigenvalue weighted by molar-refractivity contribution is 7.17. The zero-order valence-electron chi connectivity index (χ0n) is 10.7. The fourth-order valence-electron chi connectivity index (χ4n) is 1.63. The first-order chi connectivity index (χ1) is 9.36. The predicted molar refractivity (Wildman–Crippen MR) is 81.3 cm³/mol. The number of anilines is 1. The Morgan fingerprint density at radius 3 is 2.30 bits per heavy atom. The van der Waals surface area contributed by atoms with Gasteiger partial charge in [-0.1, -0.05) is 34.5 Å².